The average molecular weight is 458 g/mol. The Balaban J connectivity index is 1.61. The molecule has 0 fully saturated rings. The largest absolute Gasteiger partial charge is 0.497 e. The fraction of sp³-hybridized carbons (Fsp3) is 0.115. The molecule has 0 aliphatic carbocycles. The van der Waals surface area contributed by atoms with Crippen molar-refractivity contribution in [3.05, 3.63) is 101 Å². The number of rotatable bonds is 6. The van der Waals surface area contributed by atoms with Gasteiger partial charge in [0.25, 0.3) is 5.89 Å². The van der Waals surface area contributed by atoms with Crippen LogP contribution in [0.3, 0.4) is 0 Å². The molecular formula is C26H20ClN3O3. The fourth-order valence-corrected chi connectivity index (χ4v) is 4.09. The predicted octanol–water partition coefficient (Wildman–Crippen LogP) is 5.94. The van der Waals surface area contributed by atoms with Crippen molar-refractivity contribution in [2.45, 2.75) is 13.5 Å². The minimum Gasteiger partial charge on any atom is -0.497 e. The molecule has 7 heteroatoms. The van der Waals surface area contributed by atoms with E-state index in [1.165, 1.54) is 6.26 Å². The second-order valence-electron chi connectivity index (χ2n) is 7.64. The Hall–Kier alpha value is -3.90. The summed E-state index contributed by atoms with van der Waals surface area (Å²) in [7, 11) is 1.60. The zero-order chi connectivity index (χ0) is 22.9. The lowest BCUT2D eigenvalue weighted by Crippen LogP contribution is -2.06. The first-order chi connectivity index (χ1) is 16.0. The second-order valence-corrected chi connectivity index (χ2v) is 8.07. The maximum Gasteiger partial charge on any atom is 0.268 e. The van der Waals surface area contributed by atoms with Gasteiger partial charge in [-0.2, -0.15) is 0 Å². The Morgan fingerprint density at radius 2 is 1.91 bits per heavy atom. The number of ether oxygens (including phenoxy) is 1. The van der Waals surface area contributed by atoms with Gasteiger partial charge < -0.3 is 13.7 Å². The quantitative estimate of drug-likeness (QED) is 0.295. The lowest BCUT2D eigenvalue weighted by molar-refractivity contribution is 0.100. The van der Waals surface area contributed by atoms with Crippen LogP contribution < -0.4 is 4.74 Å². The molecule has 0 spiro atoms. The first kappa shape index (κ1) is 21.0. The number of ketones is 1. The van der Waals surface area contributed by atoms with Crippen molar-refractivity contribution in [1.82, 2.24) is 14.5 Å². The number of fused-ring (bicyclic) bond motifs is 1. The van der Waals surface area contributed by atoms with Crippen molar-refractivity contribution in [1.29, 1.82) is 0 Å². The topological polar surface area (TPSA) is 70.2 Å². The molecular weight excluding hydrogens is 438 g/mol. The molecule has 6 nitrogen and oxygen atoms in total. The normalized spacial score (nSPS) is 11.1. The van der Waals surface area contributed by atoms with Crippen molar-refractivity contribution >= 4 is 28.3 Å². The minimum absolute atomic E-state index is 0.0205. The van der Waals surface area contributed by atoms with E-state index in [2.05, 4.69) is 14.5 Å². The van der Waals surface area contributed by atoms with Gasteiger partial charge in [0.15, 0.2) is 0 Å². The van der Waals surface area contributed by atoms with E-state index in [0.717, 1.165) is 22.2 Å². The van der Waals surface area contributed by atoms with Crippen LogP contribution in [0.4, 0.5) is 0 Å². The molecule has 5 rings (SSSR count). The van der Waals surface area contributed by atoms with Gasteiger partial charge in [-0.15, -0.1) is 0 Å². The molecule has 0 saturated heterocycles. The molecule has 164 valence electrons. The number of benzene rings is 2. The SMILES string of the molecule is COc1ccc2c(c1)c(C(=O)c1nc(-c3ccccn3)co1)c(C)n2Cc1ccc(Cl)cc1. The molecule has 33 heavy (non-hydrogen) atoms. The number of aromatic nitrogens is 3. The van der Waals surface area contributed by atoms with Crippen LogP contribution in [0.25, 0.3) is 22.3 Å². The zero-order valence-electron chi connectivity index (χ0n) is 18.1. The Morgan fingerprint density at radius 1 is 1.09 bits per heavy atom. The van der Waals surface area contributed by atoms with Crippen LogP contribution in [-0.2, 0) is 6.54 Å². The fourth-order valence-electron chi connectivity index (χ4n) is 3.97. The maximum absolute atomic E-state index is 13.6. The van der Waals surface area contributed by atoms with Crippen LogP contribution in [0.5, 0.6) is 5.75 Å². The summed E-state index contributed by atoms with van der Waals surface area (Å²) in [5.41, 5.74) is 4.50. The van der Waals surface area contributed by atoms with Crippen LogP contribution >= 0.6 is 11.6 Å². The third-order valence-corrected chi connectivity index (χ3v) is 5.89. The summed E-state index contributed by atoms with van der Waals surface area (Å²) in [6.07, 6.45) is 3.13. The zero-order valence-corrected chi connectivity index (χ0v) is 18.8. The van der Waals surface area contributed by atoms with Crippen LogP contribution in [-0.4, -0.2) is 27.4 Å². The highest BCUT2D eigenvalue weighted by atomic mass is 35.5. The molecule has 0 saturated carbocycles. The Bertz CT molecular complexity index is 1450. The summed E-state index contributed by atoms with van der Waals surface area (Å²) >= 11 is 6.05. The number of hydrogen-bond acceptors (Lipinski definition) is 5. The van der Waals surface area contributed by atoms with Gasteiger partial charge in [0.1, 0.15) is 17.7 Å². The number of hydrogen-bond donors (Lipinski definition) is 0. The molecule has 0 bridgehead atoms. The van der Waals surface area contributed by atoms with E-state index in [0.29, 0.717) is 34.3 Å². The molecule has 0 N–H and O–H groups in total. The maximum atomic E-state index is 13.6. The molecule has 0 aliphatic rings. The number of halogens is 1. The average Bonchev–Trinajstić information content (AvgIpc) is 3.44. The van der Waals surface area contributed by atoms with E-state index in [1.807, 2.05) is 67.6 Å². The Labute approximate surface area is 195 Å². The summed E-state index contributed by atoms with van der Waals surface area (Å²) in [6, 6.07) is 18.9. The van der Waals surface area contributed by atoms with Gasteiger partial charge in [0, 0.05) is 34.4 Å². The van der Waals surface area contributed by atoms with Gasteiger partial charge in [-0.05, 0) is 55.0 Å². The molecule has 0 aliphatic heterocycles. The van der Waals surface area contributed by atoms with Gasteiger partial charge in [-0.3, -0.25) is 9.78 Å². The van der Waals surface area contributed by atoms with E-state index < -0.39 is 0 Å². The van der Waals surface area contributed by atoms with E-state index in [1.54, 1.807) is 13.3 Å². The van der Waals surface area contributed by atoms with Crippen molar-refractivity contribution in [3.63, 3.8) is 0 Å². The van der Waals surface area contributed by atoms with Crippen LogP contribution in [0, 0.1) is 6.92 Å². The molecule has 2 aromatic carbocycles. The van der Waals surface area contributed by atoms with Crippen LogP contribution in [0.2, 0.25) is 5.02 Å². The van der Waals surface area contributed by atoms with Crippen LogP contribution in [0.1, 0.15) is 27.5 Å². The van der Waals surface area contributed by atoms with Gasteiger partial charge >= 0.3 is 0 Å². The summed E-state index contributed by atoms with van der Waals surface area (Å²) in [5.74, 6) is 0.400. The molecule has 0 unspecified atom stereocenters. The Kier molecular flexibility index (Phi) is 5.44. The number of pyridine rings is 1. The highest BCUT2D eigenvalue weighted by molar-refractivity contribution is 6.30. The number of oxazole rings is 1. The van der Waals surface area contributed by atoms with Crippen LogP contribution in [0.15, 0.2) is 77.5 Å². The lowest BCUT2D eigenvalue weighted by atomic mass is 10.1. The molecule has 0 amide bonds. The molecule has 3 heterocycles. The highest BCUT2D eigenvalue weighted by Crippen LogP contribution is 2.32. The summed E-state index contributed by atoms with van der Waals surface area (Å²) in [6.45, 7) is 2.52. The number of carbonyl (C=O) groups excluding carboxylic acids is 1. The first-order valence-electron chi connectivity index (χ1n) is 10.4. The highest BCUT2D eigenvalue weighted by Gasteiger charge is 2.25. The monoisotopic (exact) mass is 457 g/mol. The molecule has 0 atom stereocenters. The standard InChI is InChI=1S/C26H20ClN3O3/c1-16-24(25(31)26-29-22(15-33-26)21-5-3-4-12-28-21)20-13-19(32-2)10-11-23(20)30(16)14-17-6-8-18(27)9-7-17/h3-13,15H,14H2,1-2H3. The smallest absolute Gasteiger partial charge is 0.268 e. The van der Waals surface area contributed by atoms with Crippen molar-refractivity contribution < 1.29 is 13.9 Å². The molecule has 0 radical (unpaired) electrons. The molecule has 5 aromatic rings. The van der Waals surface area contributed by atoms with Gasteiger partial charge in [-0.1, -0.05) is 29.8 Å². The second kappa shape index (κ2) is 8.56. The lowest BCUT2D eigenvalue weighted by Gasteiger charge is -2.09. The van der Waals surface area contributed by atoms with E-state index >= 15 is 0 Å². The van der Waals surface area contributed by atoms with Gasteiger partial charge in [0.05, 0.1) is 18.4 Å². The van der Waals surface area contributed by atoms with Crippen molar-refractivity contribution in [2.24, 2.45) is 0 Å². The van der Waals surface area contributed by atoms with E-state index in [-0.39, 0.29) is 11.7 Å². The number of nitrogens with zero attached hydrogens (tertiary/aromatic N) is 3. The minimum atomic E-state index is -0.289. The Morgan fingerprint density at radius 3 is 2.64 bits per heavy atom. The molecule has 3 aromatic heterocycles. The van der Waals surface area contributed by atoms with Gasteiger partial charge in [-0.25, -0.2) is 4.98 Å². The van der Waals surface area contributed by atoms with Crippen molar-refractivity contribution in [3.8, 4) is 17.1 Å². The first-order valence-corrected chi connectivity index (χ1v) is 10.8. The summed E-state index contributed by atoms with van der Waals surface area (Å²) < 4.78 is 13.1. The third kappa shape index (κ3) is 3.90. The number of carbonyl (C=O) groups is 1. The van der Waals surface area contributed by atoms with E-state index in [4.69, 9.17) is 20.8 Å². The predicted molar refractivity (Wildman–Crippen MR) is 127 cm³/mol. The van der Waals surface area contributed by atoms with Gasteiger partial charge in [0.2, 0.25) is 5.78 Å². The van der Waals surface area contributed by atoms with E-state index in [9.17, 15) is 4.79 Å². The third-order valence-electron chi connectivity index (χ3n) is 5.64. The summed E-state index contributed by atoms with van der Waals surface area (Å²) in [4.78, 5) is 22.3. The van der Waals surface area contributed by atoms with Crippen molar-refractivity contribution in [2.75, 3.05) is 7.11 Å². The number of methoxy groups -OCH3 is 1. The summed E-state index contributed by atoms with van der Waals surface area (Å²) in [5, 5.41) is 1.46.